The molecule has 174 valence electrons. The molecule has 1 amide bonds. The minimum Gasteiger partial charge on any atom is -0.493 e. The number of H-pyrrole nitrogens is 1. The number of hydrogen-bond acceptors (Lipinski definition) is 5. The first-order valence-corrected chi connectivity index (χ1v) is 10.1. The molecule has 3 N–H and O–H groups in total. The standard InChI is InChI=1S/C22H16F4N6O2/c23-12-7-5-11(6-8-12)15-9-17(22(24,25)26)32-18(27-15)10-16(31-32)20(33)30-29-19-13-3-1-2-4-14(13)28-21(19)34/h1-8,10,15,17,27-28,34H,9H2/t15-,17-/m1/s1. The van der Waals surface area contributed by atoms with E-state index in [1.54, 1.807) is 24.3 Å². The number of nitrogens with one attached hydrogen (secondary N) is 2. The monoisotopic (exact) mass is 472 g/mol. The third-order valence-corrected chi connectivity index (χ3v) is 5.58. The summed E-state index contributed by atoms with van der Waals surface area (Å²) in [7, 11) is 0. The maximum atomic E-state index is 13.8. The van der Waals surface area contributed by atoms with Crippen LogP contribution < -0.4 is 5.32 Å². The van der Waals surface area contributed by atoms with Crippen molar-refractivity contribution in [3.05, 3.63) is 71.7 Å². The van der Waals surface area contributed by atoms with Gasteiger partial charge in [-0.2, -0.15) is 18.3 Å². The molecule has 4 aromatic rings. The van der Waals surface area contributed by atoms with Crippen LogP contribution in [0.3, 0.4) is 0 Å². The molecule has 0 saturated heterocycles. The molecule has 2 atom stereocenters. The van der Waals surface area contributed by atoms with E-state index in [0.29, 0.717) is 21.1 Å². The van der Waals surface area contributed by atoms with E-state index in [4.69, 9.17) is 0 Å². The minimum atomic E-state index is -4.64. The van der Waals surface area contributed by atoms with Gasteiger partial charge in [0.05, 0.1) is 11.6 Å². The average Bonchev–Trinajstić information content (AvgIpc) is 3.37. The number of rotatable bonds is 3. The molecule has 8 nitrogen and oxygen atoms in total. The number of carbonyl (C=O) groups excluding carboxylic acids is 1. The zero-order chi connectivity index (χ0) is 24.0. The van der Waals surface area contributed by atoms with E-state index in [1.807, 2.05) is 0 Å². The maximum absolute atomic E-state index is 13.8. The van der Waals surface area contributed by atoms with Crippen LogP contribution in [0.1, 0.15) is 34.6 Å². The van der Waals surface area contributed by atoms with Gasteiger partial charge in [0.1, 0.15) is 11.6 Å². The van der Waals surface area contributed by atoms with Crippen molar-refractivity contribution >= 4 is 28.3 Å². The van der Waals surface area contributed by atoms with Crippen LogP contribution in [-0.2, 0) is 0 Å². The third kappa shape index (κ3) is 3.87. The van der Waals surface area contributed by atoms with Crippen LogP contribution >= 0.6 is 0 Å². The summed E-state index contributed by atoms with van der Waals surface area (Å²) >= 11 is 0. The Balaban J connectivity index is 1.46. The van der Waals surface area contributed by atoms with E-state index < -0.39 is 36.4 Å². The number of nitrogens with zero attached hydrogens (tertiary/aromatic N) is 4. The first-order chi connectivity index (χ1) is 16.2. The van der Waals surface area contributed by atoms with Gasteiger partial charge in [0.2, 0.25) is 5.88 Å². The Labute approximate surface area is 188 Å². The van der Waals surface area contributed by atoms with E-state index in [2.05, 4.69) is 25.6 Å². The van der Waals surface area contributed by atoms with Crippen LogP contribution in [0.15, 0.2) is 64.8 Å². The second-order valence-corrected chi connectivity index (χ2v) is 7.77. The number of alkyl halides is 3. The third-order valence-electron chi connectivity index (χ3n) is 5.58. The Morgan fingerprint density at radius 1 is 1.15 bits per heavy atom. The van der Waals surface area contributed by atoms with E-state index >= 15 is 0 Å². The quantitative estimate of drug-likeness (QED) is 0.259. The average molecular weight is 472 g/mol. The lowest BCUT2D eigenvalue weighted by Crippen LogP contribution is -2.35. The molecule has 34 heavy (non-hydrogen) atoms. The highest BCUT2D eigenvalue weighted by atomic mass is 19.4. The lowest BCUT2D eigenvalue weighted by molar-refractivity contribution is -0.173. The Morgan fingerprint density at radius 3 is 2.62 bits per heavy atom. The second-order valence-electron chi connectivity index (χ2n) is 7.77. The Kier molecular flexibility index (Phi) is 5.07. The summed E-state index contributed by atoms with van der Waals surface area (Å²) in [6, 6.07) is 10.3. The van der Waals surface area contributed by atoms with Crippen LogP contribution in [0.2, 0.25) is 0 Å². The molecule has 3 heterocycles. The molecule has 5 rings (SSSR count). The zero-order valence-electron chi connectivity index (χ0n) is 17.2. The summed E-state index contributed by atoms with van der Waals surface area (Å²) in [5.41, 5.74) is 0.712. The van der Waals surface area contributed by atoms with Gasteiger partial charge >= 0.3 is 12.1 Å². The number of benzene rings is 2. The number of halogens is 4. The van der Waals surface area contributed by atoms with E-state index in [0.717, 1.165) is 6.07 Å². The van der Waals surface area contributed by atoms with Crippen molar-refractivity contribution in [1.82, 2.24) is 14.8 Å². The van der Waals surface area contributed by atoms with E-state index in [-0.39, 0.29) is 23.1 Å². The van der Waals surface area contributed by atoms with Gasteiger partial charge in [0, 0.05) is 17.9 Å². The molecular weight excluding hydrogens is 456 g/mol. The van der Waals surface area contributed by atoms with Gasteiger partial charge in [-0.1, -0.05) is 30.3 Å². The van der Waals surface area contributed by atoms with Gasteiger partial charge in [-0.25, -0.2) is 9.07 Å². The molecule has 0 saturated carbocycles. The Bertz CT molecular complexity index is 1410. The van der Waals surface area contributed by atoms with Crippen LogP contribution in [0.4, 0.5) is 29.1 Å². The molecule has 12 heteroatoms. The highest BCUT2D eigenvalue weighted by Gasteiger charge is 2.46. The number of para-hydroxylation sites is 1. The Morgan fingerprint density at radius 2 is 1.88 bits per heavy atom. The van der Waals surface area contributed by atoms with Crippen molar-refractivity contribution < 1.29 is 27.5 Å². The molecular formula is C22H16F4N6O2. The van der Waals surface area contributed by atoms with Crippen molar-refractivity contribution in [3.8, 4) is 5.88 Å². The lowest BCUT2D eigenvalue weighted by Gasteiger charge is -2.33. The van der Waals surface area contributed by atoms with Gasteiger partial charge in [-0.15, -0.1) is 10.2 Å². The fraction of sp³-hybridized carbons (Fsp3) is 0.182. The first-order valence-electron chi connectivity index (χ1n) is 10.1. The van der Waals surface area contributed by atoms with Crippen molar-refractivity contribution in [3.63, 3.8) is 0 Å². The van der Waals surface area contributed by atoms with Gasteiger partial charge in [0.25, 0.3) is 0 Å². The smallest absolute Gasteiger partial charge is 0.410 e. The van der Waals surface area contributed by atoms with Gasteiger partial charge in [-0.3, -0.25) is 4.79 Å². The highest BCUT2D eigenvalue weighted by Crippen LogP contribution is 2.43. The topological polar surface area (TPSA) is 108 Å². The van der Waals surface area contributed by atoms with Crippen molar-refractivity contribution in [1.29, 1.82) is 0 Å². The summed E-state index contributed by atoms with van der Waals surface area (Å²) in [6.07, 6.45) is -5.04. The highest BCUT2D eigenvalue weighted by molar-refractivity contribution is 5.96. The first kappa shape index (κ1) is 21.6. The van der Waals surface area contributed by atoms with E-state index in [9.17, 15) is 27.5 Å². The molecule has 1 aliphatic heterocycles. The number of carbonyl (C=O) groups is 1. The second kappa shape index (κ2) is 7.97. The molecule has 0 aliphatic carbocycles. The molecule has 0 radical (unpaired) electrons. The number of fused-ring (bicyclic) bond motifs is 2. The molecule has 1 aliphatic rings. The largest absolute Gasteiger partial charge is 0.493 e. The number of hydrogen-bond donors (Lipinski definition) is 3. The SMILES string of the molecule is O=C(N=Nc1c(O)[nH]c2ccccc12)c1cc2n(n1)[C@@H](C(F)(F)F)C[C@H](c1ccc(F)cc1)N2. The summed E-state index contributed by atoms with van der Waals surface area (Å²) in [4.78, 5) is 15.3. The van der Waals surface area contributed by atoms with Crippen LogP contribution in [0.5, 0.6) is 5.88 Å². The maximum Gasteiger partial charge on any atom is 0.410 e. The minimum absolute atomic E-state index is 0.0237. The fourth-order valence-electron chi connectivity index (χ4n) is 3.95. The number of aromatic hydroxyl groups is 1. The molecule has 2 aromatic carbocycles. The summed E-state index contributed by atoms with van der Waals surface area (Å²) in [6.45, 7) is 0. The van der Waals surface area contributed by atoms with Gasteiger partial charge in [-0.05, 0) is 23.8 Å². The number of aromatic amines is 1. The van der Waals surface area contributed by atoms with Gasteiger partial charge in [0.15, 0.2) is 17.4 Å². The summed E-state index contributed by atoms with van der Waals surface area (Å²) in [5, 5.41) is 24.6. The molecule has 0 spiro atoms. The number of azo groups is 1. The predicted molar refractivity (Wildman–Crippen MR) is 114 cm³/mol. The molecule has 0 fully saturated rings. The Hall–Kier alpha value is -4.22. The number of amides is 1. The summed E-state index contributed by atoms with van der Waals surface area (Å²) in [5.74, 6) is -1.82. The molecule has 0 unspecified atom stereocenters. The van der Waals surface area contributed by atoms with Crippen LogP contribution in [0, 0.1) is 5.82 Å². The summed E-state index contributed by atoms with van der Waals surface area (Å²) < 4.78 is 55.4. The van der Waals surface area contributed by atoms with Crippen molar-refractivity contribution in [2.75, 3.05) is 5.32 Å². The predicted octanol–water partition coefficient (Wildman–Crippen LogP) is 5.79. The van der Waals surface area contributed by atoms with Gasteiger partial charge < -0.3 is 15.4 Å². The number of aromatic nitrogens is 3. The van der Waals surface area contributed by atoms with E-state index in [1.165, 1.54) is 24.3 Å². The van der Waals surface area contributed by atoms with Crippen molar-refractivity contribution in [2.45, 2.75) is 24.7 Å². The zero-order valence-corrected chi connectivity index (χ0v) is 17.2. The molecule has 2 aromatic heterocycles. The number of anilines is 1. The lowest BCUT2D eigenvalue weighted by atomic mass is 9.97. The fourth-order valence-corrected chi connectivity index (χ4v) is 3.95. The normalized spacial score (nSPS) is 18.2. The van der Waals surface area contributed by atoms with Crippen LogP contribution in [0.25, 0.3) is 10.9 Å². The molecule has 0 bridgehead atoms. The van der Waals surface area contributed by atoms with Crippen molar-refractivity contribution in [2.24, 2.45) is 10.2 Å². The van der Waals surface area contributed by atoms with Crippen LogP contribution in [-0.4, -0.2) is 32.0 Å².